The molecule has 0 saturated carbocycles. The zero-order valence-electron chi connectivity index (χ0n) is 3.67. The first-order chi connectivity index (χ1) is 3.31. The predicted octanol–water partition coefficient (Wildman–Crippen LogP) is -1.48. The first kappa shape index (κ1) is 11.9. The van der Waals surface area contributed by atoms with Crippen molar-refractivity contribution in [1.29, 1.82) is 0 Å². The van der Waals surface area contributed by atoms with Crippen molar-refractivity contribution in [2.24, 2.45) is 0 Å². The summed E-state index contributed by atoms with van der Waals surface area (Å²) in [6, 6.07) is 0. The van der Waals surface area contributed by atoms with Gasteiger partial charge in [-0.3, -0.25) is 0 Å². The van der Waals surface area contributed by atoms with Crippen molar-refractivity contribution in [2.45, 2.75) is 6.10 Å². The van der Waals surface area contributed by atoms with Gasteiger partial charge in [0.25, 0.3) is 0 Å². The van der Waals surface area contributed by atoms with Crippen molar-refractivity contribution in [1.82, 2.24) is 0 Å². The summed E-state index contributed by atoms with van der Waals surface area (Å²) in [6.45, 7) is -0.0416. The van der Waals surface area contributed by atoms with Crippen LogP contribution in [-0.4, -0.2) is 46.9 Å². The fourth-order valence-corrected chi connectivity index (χ4v) is 0.540. The number of halogens is 1. The molecule has 0 aromatic carbocycles. The van der Waals surface area contributed by atoms with Crippen molar-refractivity contribution in [3.63, 3.8) is 0 Å². The van der Waals surface area contributed by atoms with E-state index in [1.807, 2.05) is 0 Å². The van der Waals surface area contributed by atoms with E-state index in [-0.39, 0.29) is 30.6 Å². The Bertz CT molecular complexity index is 45.5. The van der Waals surface area contributed by atoms with Crippen LogP contribution in [0.25, 0.3) is 0 Å². The molecular formula is C3H10AlIO3. The number of aliphatic hydroxyl groups is 2. The lowest BCUT2D eigenvalue weighted by molar-refractivity contribution is 0.0667. The molecule has 3 nitrogen and oxygen atoms in total. The van der Waals surface area contributed by atoms with Gasteiger partial charge in [-0.15, -0.1) is 0 Å². The summed E-state index contributed by atoms with van der Waals surface area (Å²) in [5.41, 5.74) is 0. The molecule has 5 heteroatoms. The normalized spacial score (nSPS) is 12.4. The van der Waals surface area contributed by atoms with Gasteiger partial charge in [-0.25, -0.2) is 0 Å². The first-order valence-electron chi connectivity index (χ1n) is 1.83. The zero-order chi connectivity index (χ0) is 5.70. The summed E-state index contributed by atoms with van der Waals surface area (Å²) in [7, 11) is 0. The Hall–Kier alpha value is 1.14. The second kappa shape index (κ2) is 8.14. The molecule has 2 N–H and O–H groups in total. The summed E-state index contributed by atoms with van der Waals surface area (Å²) < 4.78 is 4.45. The van der Waals surface area contributed by atoms with Crippen molar-refractivity contribution < 1.29 is 13.3 Å². The highest BCUT2D eigenvalue weighted by Gasteiger charge is 1.97. The minimum absolute atomic E-state index is 0. The van der Waals surface area contributed by atoms with Crippen molar-refractivity contribution in [3.05, 3.63) is 0 Å². The molecule has 0 aliphatic heterocycles. The van der Waals surface area contributed by atoms with Crippen LogP contribution in [0.1, 0.15) is 0 Å². The molecule has 0 bridgehead atoms. The molecule has 0 spiro atoms. The summed E-state index contributed by atoms with van der Waals surface area (Å²) in [6.07, 6.45) is -0.725. The van der Waals surface area contributed by atoms with E-state index in [9.17, 15) is 0 Å². The van der Waals surface area contributed by atoms with Crippen LogP contribution in [0.5, 0.6) is 0 Å². The van der Waals surface area contributed by atoms with Crippen LogP contribution in [0.2, 0.25) is 0 Å². The van der Waals surface area contributed by atoms with Crippen LogP contribution in [0.3, 0.4) is 0 Å². The molecule has 0 fully saturated rings. The molecule has 0 rings (SSSR count). The van der Waals surface area contributed by atoms with E-state index in [4.69, 9.17) is 10.2 Å². The smallest absolute Gasteiger partial charge is 0.187 e. The van der Waals surface area contributed by atoms with Crippen molar-refractivity contribution in [3.8, 4) is 0 Å². The Kier molecular flexibility index (Phi) is 12.1. The maximum atomic E-state index is 8.48. The fraction of sp³-hybridized carbons (Fsp3) is 1.00. The number of hydrogen-bond donors (Lipinski definition) is 2. The number of hydrogen-bond acceptors (Lipinski definition) is 3. The van der Waals surface area contributed by atoms with Gasteiger partial charge < -0.3 is 13.3 Å². The Morgan fingerprint density at radius 3 is 2.25 bits per heavy atom. The topological polar surface area (TPSA) is 49.7 Å². The number of rotatable bonds is 3. The lowest BCUT2D eigenvalue weighted by atomic mass is 10.4. The minimum atomic E-state index is -0.725. The van der Waals surface area contributed by atoms with Crippen LogP contribution in [0, 0.1) is 0 Å². The minimum Gasteiger partial charge on any atom is -0.394 e. The summed E-state index contributed by atoms with van der Waals surface area (Å²) >= 11 is 1.65. The van der Waals surface area contributed by atoms with Crippen molar-refractivity contribution >= 4 is 40.4 Å². The van der Waals surface area contributed by atoms with Gasteiger partial charge in [0, 0.05) is 0 Å². The highest BCUT2D eigenvalue weighted by atomic mass is 127. The maximum Gasteiger partial charge on any atom is 0.187 e. The van der Waals surface area contributed by atoms with Gasteiger partial charge in [0.15, 0.2) is 17.4 Å². The van der Waals surface area contributed by atoms with E-state index in [1.165, 1.54) is 0 Å². The zero-order valence-corrected chi connectivity index (χ0v) is 5.83. The molecule has 0 aromatic heterocycles. The van der Waals surface area contributed by atoms with Crippen LogP contribution >= 0.6 is 23.0 Å². The van der Waals surface area contributed by atoms with Crippen LogP contribution in [-0.2, 0) is 3.07 Å². The second-order valence-corrected chi connectivity index (χ2v) is 1.73. The Morgan fingerprint density at radius 2 is 2.12 bits per heavy atom. The quantitative estimate of drug-likeness (QED) is 0.473. The van der Waals surface area contributed by atoms with Gasteiger partial charge in [0.05, 0.1) is 13.2 Å². The summed E-state index contributed by atoms with van der Waals surface area (Å²) in [5, 5.41) is 16.6. The van der Waals surface area contributed by atoms with Gasteiger partial charge in [0.2, 0.25) is 0 Å². The van der Waals surface area contributed by atoms with E-state index in [1.54, 1.807) is 23.0 Å². The monoisotopic (exact) mass is 248 g/mol. The third-order valence-corrected chi connectivity index (χ3v) is 0.826. The highest BCUT2D eigenvalue weighted by molar-refractivity contribution is 14.1. The molecule has 0 heterocycles. The van der Waals surface area contributed by atoms with Gasteiger partial charge >= 0.3 is 0 Å². The molecule has 1 atom stereocenters. The molecule has 8 heavy (non-hydrogen) atoms. The first-order valence-corrected chi connectivity index (χ1v) is 2.71. The van der Waals surface area contributed by atoms with E-state index in [2.05, 4.69) is 3.07 Å². The molecule has 0 aliphatic carbocycles. The van der Waals surface area contributed by atoms with E-state index >= 15 is 0 Å². The number of aliphatic hydroxyl groups excluding tert-OH is 2. The SMILES string of the molecule is OCC(O)COI.[AlH3]. The van der Waals surface area contributed by atoms with Crippen molar-refractivity contribution in [2.75, 3.05) is 13.2 Å². The summed E-state index contributed by atoms with van der Waals surface area (Å²) in [4.78, 5) is 0. The molecule has 0 aromatic rings. The molecule has 0 amide bonds. The van der Waals surface area contributed by atoms with E-state index < -0.39 is 6.10 Å². The molecule has 1 unspecified atom stereocenters. The molecule has 0 saturated heterocycles. The molecular weight excluding hydrogens is 238 g/mol. The third kappa shape index (κ3) is 7.14. The van der Waals surface area contributed by atoms with E-state index in [0.717, 1.165) is 0 Å². The lowest BCUT2D eigenvalue weighted by Gasteiger charge is -2.00. The average molecular weight is 248 g/mol. The van der Waals surface area contributed by atoms with Gasteiger partial charge in [-0.05, 0) is 0 Å². The van der Waals surface area contributed by atoms with Gasteiger partial charge in [-0.1, -0.05) is 0 Å². The third-order valence-electron chi connectivity index (χ3n) is 0.466. The van der Waals surface area contributed by atoms with Gasteiger partial charge in [-0.2, -0.15) is 0 Å². The van der Waals surface area contributed by atoms with Crippen LogP contribution < -0.4 is 0 Å². The molecule has 0 aliphatic rings. The standard InChI is InChI=1S/C3H7IO3.Al.3H/c4-7-2-3(6)1-5;;;;/h3,5-6H,1-2H2;;;;. The fourth-order valence-electron chi connectivity index (χ4n) is 0.125. The molecule has 50 valence electrons. The van der Waals surface area contributed by atoms with Crippen LogP contribution in [0.15, 0.2) is 0 Å². The highest BCUT2D eigenvalue weighted by Crippen LogP contribution is 1.88. The maximum absolute atomic E-state index is 8.48. The Balaban J connectivity index is 0. The lowest BCUT2D eigenvalue weighted by Crippen LogP contribution is -2.16. The summed E-state index contributed by atoms with van der Waals surface area (Å²) in [5.74, 6) is 0. The average Bonchev–Trinajstić information content (AvgIpc) is 1.68. The molecule has 0 radical (unpaired) electrons. The largest absolute Gasteiger partial charge is 0.394 e. The van der Waals surface area contributed by atoms with E-state index in [0.29, 0.717) is 0 Å². The predicted molar refractivity (Wildman–Crippen MR) is 43.0 cm³/mol. The van der Waals surface area contributed by atoms with Gasteiger partial charge in [0.1, 0.15) is 29.1 Å². The second-order valence-electron chi connectivity index (χ2n) is 1.11. The Morgan fingerprint density at radius 1 is 1.62 bits per heavy atom. The Labute approximate surface area is 72.9 Å². The van der Waals surface area contributed by atoms with Crippen LogP contribution in [0.4, 0.5) is 0 Å².